The van der Waals surface area contributed by atoms with Gasteiger partial charge in [-0.2, -0.15) is 0 Å². The van der Waals surface area contributed by atoms with Gasteiger partial charge in [-0.15, -0.1) is 0 Å². The maximum absolute atomic E-state index is 14.0. The number of carbonyl (C=O) groups is 2. The lowest BCUT2D eigenvalue weighted by Gasteiger charge is -2.25. The number of ether oxygens (including phenoxy) is 2. The third-order valence-electron chi connectivity index (χ3n) is 5.22. The second-order valence-electron chi connectivity index (χ2n) is 6.97. The molecule has 2 aromatic carbocycles. The van der Waals surface area contributed by atoms with Crippen molar-refractivity contribution >= 4 is 23.1 Å². The molecule has 4 rings (SSSR count). The highest BCUT2D eigenvalue weighted by Gasteiger charge is 2.47. The van der Waals surface area contributed by atoms with E-state index in [0.29, 0.717) is 5.56 Å². The molecule has 32 heavy (non-hydrogen) atoms. The number of carbonyl (C=O) groups excluding carboxylic acids is 2. The van der Waals surface area contributed by atoms with Gasteiger partial charge in [-0.05, 0) is 48.0 Å². The van der Waals surface area contributed by atoms with Gasteiger partial charge in [0, 0.05) is 18.1 Å². The first-order valence-corrected chi connectivity index (χ1v) is 9.65. The van der Waals surface area contributed by atoms with E-state index in [2.05, 4.69) is 4.98 Å². The van der Waals surface area contributed by atoms with Crippen LogP contribution in [-0.4, -0.2) is 36.0 Å². The zero-order valence-electron chi connectivity index (χ0n) is 17.3. The summed E-state index contributed by atoms with van der Waals surface area (Å²) < 4.78 is 24.7. The second-order valence-corrected chi connectivity index (χ2v) is 6.97. The number of ketones is 1. The summed E-state index contributed by atoms with van der Waals surface area (Å²) in [4.78, 5) is 31.4. The van der Waals surface area contributed by atoms with Gasteiger partial charge in [0.25, 0.3) is 11.7 Å². The Kier molecular flexibility index (Phi) is 5.59. The molecule has 8 heteroatoms. The fraction of sp³-hybridized carbons (Fsp3) is 0.125. The van der Waals surface area contributed by atoms with E-state index < -0.39 is 29.3 Å². The lowest BCUT2D eigenvalue weighted by molar-refractivity contribution is -0.132. The van der Waals surface area contributed by atoms with Crippen LogP contribution in [0.15, 0.2) is 72.6 Å². The molecule has 0 radical (unpaired) electrons. The lowest BCUT2D eigenvalue weighted by Crippen LogP contribution is -2.29. The number of aromatic nitrogens is 1. The van der Waals surface area contributed by atoms with Crippen LogP contribution in [0.5, 0.6) is 11.5 Å². The highest BCUT2D eigenvalue weighted by molar-refractivity contribution is 6.51. The average molecular weight is 434 g/mol. The fourth-order valence-electron chi connectivity index (χ4n) is 3.81. The van der Waals surface area contributed by atoms with Crippen molar-refractivity contribution < 1.29 is 28.6 Å². The molecule has 1 N–H and O–H groups in total. The summed E-state index contributed by atoms with van der Waals surface area (Å²) >= 11 is 0. The van der Waals surface area contributed by atoms with Crippen LogP contribution in [0.3, 0.4) is 0 Å². The van der Waals surface area contributed by atoms with E-state index in [4.69, 9.17) is 9.47 Å². The number of aliphatic hydroxyl groups excluding tert-OH is 1. The molecule has 0 bridgehead atoms. The van der Waals surface area contributed by atoms with Gasteiger partial charge in [0.15, 0.2) is 0 Å². The van der Waals surface area contributed by atoms with Crippen molar-refractivity contribution in [3.63, 3.8) is 0 Å². The Balaban J connectivity index is 2.01. The second kappa shape index (κ2) is 8.50. The SMILES string of the molecule is COc1cccc(OC)c1/C(O)=C1\C(=O)C(=O)N(c2cccc(F)c2)C1c1ccncc1. The molecule has 1 unspecified atom stereocenters. The molecular weight excluding hydrogens is 415 g/mol. The number of benzene rings is 2. The molecule has 0 saturated carbocycles. The number of amides is 1. The number of hydrogen-bond donors (Lipinski definition) is 1. The van der Waals surface area contributed by atoms with E-state index in [-0.39, 0.29) is 28.3 Å². The van der Waals surface area contributed by atoms with E-state index in [9.17, 15) is 19.1 Å². The van der Waals surface area contributed by atoms with Crippen LogP contribution in [0.2, 0.25) is 0 Å². The minimum atomic E-state index is -1.02. The van der Waals surface area contributed by atoms with Crippen LogP contribution < -0.4 is 14.4 Å². The van der Waals surface area contributed by atoms with E-state index in [1.807, 2.05) is 0 Å². The van der Waals surface area contributed by atoms with Crippen LogP contribution in [0.1, 0.15) is 17.2 Å². The van der Waals surface area contributed by atoms with Crippen molar-refractivity contribution in [3.8, 4) is 11.5 Å². The van der Waals surface area contributed by atoms with Crippen LogP contribution in [0.4, 0.5) is 10.1 Å². The monoisotopic (exact) mass is 434 g/mol. The fourth-order valence-corrected chi connectivity index (χ4v) is 3.81. The Morgan fingerprint density at radius 2 is 1.62 bits per heavy atom. The molecular formula is C24H19FN2O5. The van der Waals surface area contributed by atoms with E-state index >= 15 is 0 Å². The van der Waals surface area contributed by atoms with Gasteiger partial charge >= 0.3 is 0 Å². The number of anilines is 1. The molecule has 1 aromatic heterocycles. The number of nitrogens with zero attached hydrogens (tertiary/aromatic N) is 2. The number of aliphatic hydroxyl groups is 1. The number of hydrogen-bond acceptors (Lipinski definition) is 6. The van der Waals surface area contributed by atoms with Crippen molar-refractivity contribution in [2.45, 2.75) is 6.04 Å². The highest BCUT2D eigenvalue weighted by atomic mass is 19.1. The summed E-state index contributed by atoms with van der Waals surface area (Å²) in [5.74, 6) is -2.32. The predicted octanol–water partition coefficient (Wildman–Crippen LogP) is 3.86. The maximum Gasteiger partial charge on any atom is 0.300 e. The molecule has 2 heterocycles. The Labute approximate surface area is 183 Å². The van der Waals surface area contributed by atoms with Gasteiger partial charge in [0.2, 0.25) is 0 Å². The first-order valence-electron chi connectivity index (χ1n) is 9.65. The normalized spacial score (nSPS) is 17.5. The Bertz CT molecular complexity index is 1200. The zero-order chi connectivity index (χ0) is 22.8. The number of pyridine rings is 1. The topological polar surface area (TPSA) is 89.0 Å². The molecule has 1 aliphatic rings. The Morgan fingerprint density at radius 1 is 1.00 bits per heavy atom. The summed E-state index contributed by atoms with van der Waals surface area (Å²) in [6.45, 7) is 0. The van der Waals surface area contributed by atoms with Crippen LogP contribution in [0.25, 0.3) is 5.76 Å². The van der Waals surface area contributed by atoms with Crippen LogP contribution in [0, 0.1) is 5.82 Å². The number of halogens is 1. The summed E-state index contributed by atoms with van der Waals surface area (Å²) in [7, 11) is 2.83. The Hall–Kier alpha value is -4.20. The zero-order valence-corrected chi connectivity index (χ0v) is 17.3. The van der Waals surface area contributed by atoms with E-state index in [0.717, 1.165) is 11.0 Å². The van der Waals surface area contributed by atoms with Crippen molar-refractivity contribution in [3.05, 3.63) is 89.5 Å². The number of Topliss-reactive ketones (excluding diaryl/α,β-unsaturated/α-hetero) is 1. The van der Waals surface area contributed by atoms with Crippen molar-refractivity contribution in [1.29, 1.82) is 0 Å². The van der Waals surface area contributed by atoms with Gasteiger partial charge in [-0.3, -0.25) is 19.5 Å². The van der Waals surface area contributed by atoms with Crippen LogP contribution in [-0.2, 0) is 9.59 Å². The van der Waals surface area contributed by atoms with Gasteiger partial charge < -0.3 is 14.6 Å². The molecule has 1 fully saturated rings. The van der Waals surface area contributed by atoms with Crippen molar-refractivity contribution in [1.82, 2.24) is 4.98 Å². The maximum atomic E-state index is 14.0. The van der Waals surface area contributed by atoms with Gasteiger partial charge in [0.1, 0.15) is 28.6 Å². The minimum Gasteiger partial charge on any atom is -0.506 e. The minimum absolute atomic E-state index is 0.133. The largest absolute Gasteiger partial charge is 0.506 e. The van der Waals surface area contributed by atoms with Crippen molar-refractivity contribution in [2.24, 2.45) is 0 Å². The third kappa shape index (κ3) is 3.45. The van der Waals surface area contributed by atoms with Gasteiger partial charge in [0.05, 0.1) is 25.8 Å². The quantitative estimate of drug-likeness (QED) is 0.373. The molecule has 0 aliphatic carbocycles. The number of methoxy groups -OCH3 is 2. The summed E-state index contributed by atoms with van der Waals surface area (Å²) in [5, 5.41) is 11.3. The van der Waals surface area contributed by atoms with Gasteiger partial charge in [-0.1, -0.05) is 12.1 Å². The first-order chi connectivity index (χ1) is 15.5. The summed E-state index contributed by atoms with van der Waals surface area (Å²) in [6, 6.07) is 12.4. The summed E-state index contributed by atoms with van der Waals surface area (Å²) in [5.41, 5.74) is 0.654. The van der Waals surface area contributed by atoms with Crippen molar-refractivity contribution in [2.75, 3.05) is 19.1 Å². The van der Waals surface area contributed by atoms with E-state index in [1.54, 1.807) is 30.3 Å². The smallest absolute Gasteiger partial charge is 0.300 e. The Morgan fingerprint density at radius 3 is 2.22 bits per heavy atom. The first kappa shape index (κ1) is 21.0. The molecule has 1 amide bonds. The highest BCUT2D eigenvalue weighted by Crippen LogP contribution is 2.45. The molecule has 7 nitrogen and oxygen atoms in total. The standard InChI is InChI=1S/C24H19FN2O5/c1-31-17-7-4-8-18(32-2)19(17)22(28)20-21(14-9-11-26-12-10-14)27(24(30)23(20)29)16-6-3-5-15(25)13-16/h3-13,21,28H,1-2H3/b22-20+. The third-order valence-corrected chi connectivity index (χ3v) is 5.22. The van der Waals surface area contributed by atoms with Crippen LogP contribution >= 0.6 is 0 Å². The average Bonchev–Trinajstić information content (AvgIpc) is 3.09. The molecule has 1 aliphatic heterocycles. The molecule has 1 saturated heterocycles. The summed E-state index contributed by atoms with van der Waals surface area (Å²) in [6.07, 6.45) is 3.01. The lowest BCUT2D eigenvalue weighted by atomic mass is 9.95. The molecule has 1 atom stereocenters. The van der Waals surface area contributed by atoms with E-state index in [1.165, 1.54) is 44.8 Å². The molecule has 162 valence electrons. The van der Waals surface area contributed by atoms with Gasteiger partial charge in [-0.25, -0.2) is 4.39 Å². The molecule has 0 spiro atoms. The molecule has 3 aromatic rings. The predicted molar refractivity (Wildman–Crippen MR) is 115 cm³/mol. The number of rotatable bonds is 5.